The number of aryl methyl sites for hydroxylation is 1. The van der Waals surface area contributed by atoms with Crippen molar-refractivity contribution in [2.45, 2.75) is 12.5 Å². The van der Waals surface area contributed by atoms with Crippen molar-refractivity contribution in [3.05, 3.63) is 29.3 Å². The van der Waals surface area contributed by atoms with Gasteiger partial charge in [0.25, 0.3) is 0 Å². The fourth-order valence-corrected chi connectivity index (χ4v) is 1.65. The van der Waals surface area contributed by atoms with Crippen LogP contribution in [0.3, 0.4) is 0 Å². The van der Waals surface area contributed by atoms with E-state index in [1.165, 1.54) is 0 Å². The smallest absolute Gasteiger partial charge is 0.143 e. The summed E-state index contributed by atoms with van der Waals surface area (Å²) in [5, 5.41) is 18.7. The SMILES string of the molecule is Cc1cccc(O)c1[C@]1(CO)CO1. The van der Waals surface area contributed by atoms with Crippen molar-refractivity contribution in [1.29, 1.82) is 0 Å². The van der Waals surface area contributed by atoms with Crippen molar-refractivity contribution < 1.29 is 14.9 Å². The van der Waals surface area contributed by atoms with Crippen molar-refractivity contribution in [2.24, 2.45) is 0 Å². The highest BCUT2D eigenvalue weighted by molar-refractivity contribution is 5.45. The second-order valence-corrected chi connectivity index (χ2v) is 3.41. The van der Waals surface area contributed by atoms with E-state index in [1.54, 1.807) is 12.1 Å². The molecule has 1 saturated heterocycles. The summed E-state index contributed by atoms with van der Waals surface area (Å²) in [4.78, 5) is 0. The molecule has 0 aliphatic carbocycles. The molecule has 0 spiro atoms. The summed E-state index contributed by atoms with van der Waals surface area (Å²) >= 11 is 0. The Morgan fingerprint density at radius 2 is 2.23 bits per heavy atom. The topological polar surface area (TPSA) is 53.0 Å². The molecule has 0 unspecified atom stereocenters. The Balaban J connectivity index is 2.50. The van der Waals surface area contributed by atoms with Gasteiger partial charge in [-0.1, -0.05) is 12.1 Å². The molecular formula is C10H12O3. The summed E-state index contributed by atoms with van der Waals surface area (Å²) in [5.41, 5.74) is 1.04. The summed E-state index contributed by atoms with van der Waals surface area (Å²) < 4.78 is 5.18. The molecule has 2 rings (SSSR count). The Labute approximate surface area is 76.6 Å². The third-order valence-electron chi connectivity index (χ3n) is 2.45. The highest BCUT2D eigenvalue weighted by Crippen LogP contribution is 2.43. The van der Waals surface area contributed by atoms with E-state index in [-0.39, 0.29) is 12.4 Å². The number of rotatable bonds is 2. The summed E-state index contributed by atoms with van der Waals surface area (Å²) in [5.74, 6) is 0.201. The lowest BCUT2D eigenvalue weighted by molar-refractivity contribution is 0.169. The Morgan fingerprint density at radius 3 is 2.69 bits per heavy atom. The van der Waals surface area contributed by atoms with E-state index >= 15 is 0 Å². The second kappa shape index (κ2) is 2.72. The molecule has 0 amide bonds. The van der Waals surface area contributed by atoms with Gasteiger partial charge in [0, 0.05) is 5.56 Å². The molecule has 3 heteroatoms. The Morgan fingerprint density at radius 1 is 1.54 bits per heavy atom. The summed E-state index contributed by atoms with van der Waals surface area (Å²) in [7, 11) is 0. The second-order valence-electron chi connectivity index (χ2n) is 3.41. The van der Waals surface area contributed by atoms with Crippen LogP contribution in [0.25, 0.3) is 0 Å². The minimum absolute atomic E-state index is 0.0780. The zero-order valence-electron chi connectivity index (χ0n) is 7.45. The van der Waals surface area contributed by atoms with Crippen molar-refractivity contribution in [3.8, 4) is 5.75 Å². The lowest BCUT2D eigenvalue weighted by Crippen LogP contribution is -2.15. The van der Waals surface area contributed by atoms with Crippen molar-refractivity contribution in [1.82, 2.24) is 0 Å². The van der Waals surface area contributed by atoms with Gasteiger partial charge in [0.15, 0.2) is 0 Å². The number of ether oxygens (including phenoxy) is 1. The molecule has 1 aromatic rings. The molecule has 70 valence electrons. The number of phenolic OH excluding ortho intramolecular Hbond substituents is 1. The van der Waals surface area contributed by atoms with Crippen LogP contribution in [-0.4, -0.2) is 23.4 Å². The first-order valence-corrected chi connectivity index (χ1v) is 4.23. The Hall–Kier alpha value is -1.06. The minimum Gasteiger partial charge on any atom is -0.508 e. The number of hydrogen-bond donors (Lipinski definition) is 2. The van der Waals surface area contributed by atoms with Crippen LogP contribution in [0.4, 0.5) is 0 Å². The molecule has 1 atom stereocenters. The minimum atomic E-state index is -0.630. The molecule has 3 nitrogen and oxygen atoms in total. The van der Waals surface area contributed by atoms with E-state index in [0.717, 1.165) is 11.1 Å². The zero-order valence-corrected chi connectivity index (χ0v) is 7.45. The molecule has 1 aromatic carbocycles. The van der Waals surface area contributed by atoms with Gasteiger partial charge in [-0.25, -0.2) is 0 Å². The standard InChI is InChI=1S/C10H12O3/c1-7-3-2-4-8(12)9(7)10(5-11)6-13-10/h2-4,11-12H,5-6H2,1H3/t10-/m0/s1. The number of epoxide rings is 1. The number of benzene rings is 1. The maximum Gasteiger partial charge on any atom is 0.143 e. The number of aromatic hydroxyl groups is 1. The fraction of sp³-hybridized carbons (Fsp3) is 0.400. The van der Waals surface area contributed by atoms with E-state index in [4.69, 9.17) is 9.84 Å². The van der Waals surface area contributed by atoms with Crippen LogP contribution in [0.2, 0.25) is 0 Å². The van der Waals surface area contributed by atoms with Gasteiger partial charge in [-0.05, 0) is 18.6 Å². The summed E-state index contributed by atoms with van der Waals surface area (Å²) in [6, 6.07) is 5.29. The fourth-order valence-electron chi connectivity index (χ4n) is 1.65. The molecule has 0 radical (unpaired) electrons. The van der Waals surface area contributed by atoms with Gasteiger partial charge in [0.2, 0.25) is 0 Å². The van der Waals surface area contributed by atoms with Crippen LogP contribution in [0, 0.1) is 6.92 Å². The van der Waals surface area contributed by atoms with Gasteiger partial charge >= 0.3 is 0 Å². The lowest BCUT2D eigenvalue weighted by Gasteiger charge is -2.13. The van der Waals surface area contributed by atoms with Crippen molar-refractivity contribution in [2.75, 3.05) is 13.2 Å². The first-order chi connectivity index (χ1) is 6.19. The lowest BCUT2D eigenvalue weighted by atomic mass is 9.95. The molecule has 0 aromatic heterocycles. The predicted molar refractivity (Wildman–Crippen MR) is 47.6 cm³/mol. The molecule has 1 aliphatic rings. The third kappa shape index (κ3) is 1.20. The zero-order chi connectivity index (χ0) is 9.47. The van der Waals surface area contributed by atoms with Crippen LogP contribution >= 0.6 is 0 Å². The van der Waals surface area contributed by atoms with Gasteiger partial charge in [-0.2, -0.15) is 0 Å². The number of aliphatic hydroxyl groups is 1. The van der Waals surface area contributed by atoms with Crippen LogP contribution < -0.4 is 0 Å². The van der Waals surface area contributed by atoms with Crippen LogP contribution in [0.1, 0.15) is 11.1 Å². The maximum absolute atomic E-state index is 9.61. The quantitative estimate of drug-likeness (QED) is 0.665. The van der Waals surface area contributed by atoms with Gasteiger partial charge in [-0.3, -0.25) is 0 Å². The van der Waals surface area contributed by atoms with E-state index in [2.05, 4.69) is 0 Å². The maximum atomic E-state index is 9.61. The normalized spacial score (nSPS) is 26.0. The predicted octanol–water partition coefficient (Wildman–Crippen LogP) is 0.918. The molecule has 0 bridgehead atoms. The third-order valence-corrected chi connectivity index (χ3v) is 2.45. The van der Waals surface area contributed by atoms with Crippen LogP contribution in [0.5, 0.6) is 5.75 Å². The van der Waals surface area contributed by atoms with Crippen LogP contribution in [-0.2, 0) is 10.3 Å². The van der Waals surface area contributed by atoms with Crippen molar-refractivity contribution in [3.63, 3.8) is 0 Å². The molecule has 2 N–H and O–H groups in total. The molecule has 1 heterocycles. The van der Waals surface area contributed by atoms with E-state index in [0.29, 0.717) is 6.61 Å². The largest absolute Gasteiger partial charge is 0.508 e. The molecule has 0 saturated carbocycles. The number of aliphatic hydroxyl groups excluding tert-OH is 1. The number of phenols is 1. The van der Waals surface area contributed by atoms with Crippen LogP contribution in [0.15, 0.2) is 18.2 Å². The summed E-state index contributed by atoms with van der Waals surface area (Å²) in [6.45, 7) is 2.31. The molecule has 1 fully saturated rings. The van der Waals surface area contributed by atoms with Gasteiger partial charge in [-0.15, -0.1) is 0 Å². The van der Waals surface area contributed by atoms with Gasteiger partial charge in [0.05, 0.1) is 13.2 Å². The first-order valence-electron chi connectivity index (χ1n) is 4.23. The van der Waals surface area contributed by atoms with Gasteiger partial charge < -0.3 is 14.9 Å². The molecule has 13 heavy (non-hydrogen) atoms. The van der Waals surface area contributed by atoms with E-state index in [1.807, 2.05) is 13.0 Å². The Kier molecular flexibility index (Phi) is 1.78. The highest BCUT2D eigenvalue weighted by Gasteiger charge is 2.48. The number of hydrogen-bond acceptors (Lipinski definition) is 3. The Bertz CT molecular complexity index is 309. The van der Waals surface area contributed by atoms with Crippen molar-refractivity contribution >= 4 is 0 Å². The molecule has 1 aliphatic heterocycles. The first kappa shape index (κ1) is 8.53. The average molecular weight is 180 g/mol. The molecular weight excluding hydrogens is 168 g/mol. The highest BCUT2D eigenvalue weighted by atomic mass is 16.6. The summed E-state index contributed by atoms with van der Waals surface area (Å²) in [6.07, 6.45) is 0. The monoisotopic (exact) mass is 180 g/mol. The van der Waals surface area contributed by atoms with E-state index in [9.17, 15) is 5.11 Å². The average Bonchev–Trinajstić information content (AvgIpc) is 2.85. The van der Waals surface area contributed by atoms with E-state index < -0.39 is 5.60 Å². The van der Waals surface area contributed by atoms with Gasteiger partial charge in [0.1, 0.15) is 11.4 Å².